The van der Waals surface area contributed by atoms with E-state index in [9.17, 15) is 21.6 Å². The minimum atomic E-state index is -4.28. The average molecular weight is 269 g/mol. The lowest BCUT2D eigenvalue weighted by Gasteiger charge is -2.08. The van der Waals surface area contributed by atoms with Crippen molar-refractivity contribution >= 4 is 10.0 Å². The first kappa shape index (κ1) is 13.8. The first-order valence-corrected chi connectivity index (χ1v) is 6.05. The molecule has 0 radical (unpaired) electrons. The zero-order valence-electron chi connectivity index (χ0n) is 8.57. The molecule has 17 heavy (non-hydrogen) atoms. The van der Waals surface area contributed by atoms with Crippen LogP contribution in [0.15, 0.2) is 29.2 Å². The predicted molar refractivity (Wildman–Crippen MR) is 54.0 cm³/mol. The van der Waals surface area contributed by atoms with E-state index >= 15 is 0 Å². The molecule has 1 aromatic rings. The summed E-state index contributed by atoms with van der Waals surface area (Å²) in [6.45, 7) is -0.516. The zero-order valence-corrected chi connectivity index (χ0v) is 9.38. The van der Waals surface area contributed by atoms with Gasteiger partial charge < -0.3 is 4.74 Å². The Morgan fingerprint density at radius 3 is 2.12 bits per heavy atom. The fourth-order valence-corrected chi connectivity index (χ4v) is 1.53. The number of hydrogen-bond donors (Lipinski definition) is 1. The van der Waals surface area contributed by atoms with Gasteiger partial charge in [-0.15, -0.1) is 0 Å². The lowest BCUT2D eigenvalue weighted by atomic mass is 10.3. The highest BCUT2D eigenvalue weighted by molar-refractivity contribution is 7.89. The number of ether oxygens (including phenoxy) is 1. The molecule has 0 fully saturated rings. The minimum Gasteiger partial charge on any atom is -0.493 e. The first-order chi connectivity index (χ1) is 7.68. The Morgan fingerprint density at radius 2 is 1.71 bits per heavy atom. The fraction of sp³-hybridized carbons (Fsp3) is 0.333. The number of rotatable bonds is 4. The number of benzene rings is 1. The van der Waals surface area contributed by atoms with E-state index < -0.39 is 29.2 Å². The standard InChI is InChI=1S/C9H10F3NO3S/c10-9(11,12)5-6-16-7-1-3-8(4-2-7)17(13,14)15/h1-4H,5-6H2,(H2,13,14,15). The van der Waals surface area contributed by atoms with Crippen molar-refractivity contribution in [1.82, 2.24) is 0 Å². The predicted octanol–water partition coefficient (Wildman–Crippen LogP) is 1.67. The summed E-state index contributed by atoms with van der Waals surface area (Å²) in [4.78, 5) is -0.124. The van der Waals surface area contributed by atoms with Crippen LogP contribution in [0, 0.1) is 0 Å². The van der Waals surface area contributed by atoms with Gasteiger partial charge in [-0.05, 0) is 24.3 Å². The van der Waals surface area contributed by atoms with E-state index in [1.165, 1.54) is 12.1 Å². The SMILES string of the molecule is NS(=O)(=O)c1ccc(OCCC(F)(F)F)cc1. The van der Waals surface area contributed by atoms with Gasteiger partial charge in [0.05, 0.1) is 17.9 Å². The van der Waals surface area contributed by atoms with E-state index in [1.54, 1.807) is 0 Å². The molecule has 0 bridgehead atoms. The molecule has 8 heteroatoms. The largest absolute Gasteiger partial charge is 0.493 e. The molecule has 0 saturated heterocycles. The molecule has 4 nitrogen and oxygen atoms in total. The van der Waals surface area contributed by atoms with Crippen LogP contribution >= 0.6 is 0 Å². The van der Waals surface area contributed by atoms with Gasteiger partial charge in [0.1, 0.15) is 5.75 Å². The molecule has 0 saturated carbocycles. The second kappa shape index (κ2) is 4.92. The van der Waals surface area contributed by atoms with E-state index in [4.69, 9.17) is 9.88 Å². The summed E-state index contributed by atoms with van der Waals surface area (Å²) in [7, 11) is -3.80. The fourth-order valence-electron chi connectivity index (χ4n) is 1.01. The molecule has 0 aliphatic heterocycles. The molecule has 0 atom stereocenters. The van der Waals surface area contributed by atoms with E-state index in [0.29, 0.717) is 0 Å². The van der Waals surface area contributed by atoms with Crippen LogP contribution in [0.25, 0.3) is 0 Å². The highest BCUT2D eigenvalue weighted by atomic mass is 32.2. The highest BCUT2D eigenvalue weighted by Gasteiger charge is 2.26. The van der Waals surface area contributed by atoms with Crippen molar-refractivity contribution < 1.29 is 26.3 Å². The number of sulfonamides is 1. The Bertz CT molecular complexity index is 467. The number of primary sulfonamides is 1. The maximum atomic E-state index is 11.8. The summed E-state index contributed by atoms with van der Waals surface area (Å²) in [6, 6.07) is 4.82. The summed E-state index contributed by atoms with van der Waals surface area (Å²) in [5, 5.41) is 4.85. The molecule has 0 amide bonds. The molecule has 0 spiro atoms. The van der Waals surface area contributed by atoms with Crippen LogP contribution in [-0.4, -0.2) is 21.2 Å². The number of nitrogens with two attached hydrogens (primary N) is 1. The molecular formula is C9H10F3NO3S. The molecular weight excluding hydrogens is 259 g/mol. The number of alkyl halides is 3. The van der Waals surface area contributed by atoms with Gasteiger partial charge in [-0.3, -0.25) is 0 Å². The summed E-state index contributed by atoms with van der Waals surface area (Å²) >= 11 is 0. The Labute approximate surface area is 96.2 Å². The second-order valence-corrected chi connectivity index (χ2v) is 4.79. The monoisotopic (exact) mass is 269 g/mol. The third-order valence-corrected chi connectivity index (χ3v) is 2.74. The third-order valence-electron chi connectivity index (χ3n) is 1.81. The van der Waals surface area contributed by atoms with Crippen LogP contribution < -0.4 is 9.88 Å². The topological polar surface area (TPSA) is 69.4 Å². The van der Waals surface area contributed by atoms with Crippen molar-refractivity contribution in [3.8, 4) is 5.75 Å². The zero-order chi connectivity index (χ0) is 13.1. The molecule has 96 valence electrons. The third kappa shape index (κ3) is 5.05. The maximum Gasteiger partial charge on any atom is 0.392 e. The van der Waals surface area contributed by atoms with E-state index in [2.05, 4.69) is 0 Å². The molecule has 0 aromatic heterocycles. The van der Waals surface area contributed by atoms with Crippen molar-refractivity contribution in [2.24, 2.45) is 5.14 Å². The quantitative estimate of drug-likeness (QED) is 0.903. The van der Waals surface area contributed by atoms with E-state index in [0.717, 1.165) is 12.1 Å². The molecule has 1 aromatic carbocycles. The van der Waals surface area contributed by atoms with Crippen molar-refractivity contribution in [2.45, 2.75) is 17.5 Å². The van der Waals surface area contributed by atoms with Crippen molar-refractivity contribution in [3.63, 3.8) is 0 Å². The van der Waals surface area contributed by atoms with Gasteiger partial charge in [0.15, 0.2) is 0 Å². The number of halogens is 3. The van der Waals surface area contributed by atoms with Crippen LogP contribution in [0.3, 0.4) is 0 Å². The van der Waals surface area contributed by atoms with Crippen molar-refractivity contribution in [1.29, 1.82) is 0 Å². The Hall–Kier alpha value is -1.28. The van der Waals surface area contributed by atoms with Crippen LogP contribution in [-0.2, 0) is 10.0 Å². The van der Waals surface area contributed by atoms with Gasteiger partial charge >= 0.3 is 6.18 Å². The second-order valence-electron chi connectivity index (χ2n) is 3.23. The van der Waals surface area contributed by atoms with Gasteiger partial charge in [-0.2, -0.15) is 13.2 Å². The van der Waals surface area contributed by atoms with Crippen LogP contribution in [0.5, 0.6) is 5.75 Å². The molecule has 0 unspecified atom stereocenters. The highest BCUT2D eigenvalue weighted by Crippen LogP contribution is 2.20. The Kier molecular flexibility index (Phi) is 3.99. The smallest absolute Gasteiger partial charge is 0.392 e. The Morgan fingerprint density at radius 1 is 1.18 bits per heavy atom. The maximum absolute atomic E-state index is 11.8. The molecule has 0 heterocycles. The van der Waals surface area contributed by atoms with E-state index in [1.807, 2.05) is 0 Å². The molecule has 2 N–H and O–H groups in total. The van der Waals surface area contributed by atoms with Gasteiger partial charge in [0.25, 0.3) is 0 Å². The average Bonchev–Trinajstić information content (AvgIpc) is 2.15. The van der Waals surface area contributed by atoms with Gasteiger partial charge in [-0.25, -0.2) is 13.6 Å². The van der Waals surface area contributed by atoms with E-state index in [-0.39, 0.29) is 10.6 Å². The van der Waals surface area contributed by atoms with Crippen LogP contribution in [0.4, 0.5) is 13.2 Å². The summed E-state index contributed by atoms with van der Waals surface area (Å²) in [5.41, 5.74) is 0. The van der Waals surface area contributed by atoms with Crippen LogP contribution in [0.2, 0.25) is 0 Å². The lowest BCUT2D eigenvalue weighted by molar-refractivity contribution is -0.139. The lowest BCUT2D eigenvalue weighted by Crippen LogP contribution is -2.13. The Balaban J connectivity index is 2.58. The summed E-state index contributed by atoms with van der Waals surface area (Å²) in [5.74, 6) is 0.154. The van der Waals surface area contributed by atoms with Crippen LogP contribution in [0.1, 0.15) is 6.42 Å². The van der Waals surface area contributed by atoms with Gasteiger partial charge in [-0.1, -0.05) is 0 Å². The molecule has 0 aliphatic carbocycles. The first-order valence-electron chi connectivity index (χ1n) is 4.51. The normalized spacial score (nSPS) is 12.5. The molecule has 1 rings (SSSR count). The minimum absolute atomic E-state index is 0.124. The summed E-state index contributed by atoms with van der Waals surface area (Å²) < 4.78 is 62.0. The van der Waals surface area contributed by atoms with Gasteiger partial charge in [0, 0.05) is 0 Å². The van der Waals surface area contributed by atoms with Crippen molar-refractivity contribution in [2.75, 3.05) is 6.61 Å². The van der Waals surface area contributed by atoms with Gasteiger partial charge in [0.2, 0.25) is 10.0 Å². The molecule has 0 aliphatic rings. The summed E-state index contributed by atoms with van der Waals surface area (Å²) in [6.07, 6.45) is -5.34. The van der Waals surface area contributed by atoms with Crippen molar-refractivity contribution in [3.05, 3.63) is 24.3 Å². The number of hydrogen-bond acceptors (Lipinski definition) is 3.